The molecule has 1 unspecified atom stereocenters. The summed E-state index contributed by atoms with van der Waals surface area (Å²) in [4.78, 5) is 35.0. The molecule has 1 saturated carbocycles. The molecule has 0 radical (unpaired) electrons. The molecular formula is C29H30ClN7O2. The number of tetrazole rings is 1. The summed E-state index contributed by atoms with van der Waals surface area (Å²) in [5, 5.41) is 16.3. The molecule has 1 fully saturated rings. The Hall–Kier alpha value is -4.11. The minimum atomic E-state index is -0.964. The van der Waals surface area contributed by atoms with Crippen molar-refractivity contribution < 1.29 is 9.59 Å². The molecular weight excluding hydrogens is 514 g/mol. The van der Waals surface area contributed by atoms with E-state index in [2.05, 4.69) is 25.7 Å². The van der Waals surface area contributed by atoms with Crippen LogP contribution in [0.5, 0.6) is 0 Å². The molecule has 0 bridgehead atoms. The topological polar surface area (TPSA) is 106 Å². The highest BCUT2D eigenvalue weighted by atomic mass is 35.5. The van der Waals surface area contributed by atoms with E-state index in [1.807, 2.05) is 54.6 Å². The summed E-state index contributed by atoms with van der Waals surface area (Å²) in [6, 6.07) is 21.2. The number of nitrogens with zero attached hydrogens (tertiary/aromatic N) is 6. The standard InChI is InChI=1S/C29H30ClN7O2/c30-24-16-8-7-13-22(24)19-36(26(38)20-37-34-28(33-35-37)21-11-3-1-4-12-21)27(25-17-9-10-18-31-25)29(39)32-23-14-5-2-6-15-23/h1,3-4,7-13,16-18,23,27H,2,5-6,14-15,19-20H2,(H,32,39). The lowest BCUT2D eigenvalue weighted by molar-refractivity contribution is -0.143. The van der Waals surface area contributed by atoms with Crippen LogP contribution in [0.4, 0.5) is 0 Å². The van der Waals surface area contributed by atoms with Crippen LogP contribution in [0, 0.1) is 0 Å². The molecule has 2 aromatic heterocycles. The Morgan fingerprint density at radius 1 is 0.974 bits per heavy atom. The Labute approximate surface area is 232 Å². The van der Waals surface area contributed by atoms with Gasteiger partial charge >= 0.3 is 0 Å². The van der Waals surface area contributed by atoms with Crippen molar-refractivity contribution in [3.05, 3.63) is 95.3 Å². The lowest BCUT2D eigenvalue weighted by Gasteiger charge is -2.33. The lowest BCUT2D eigenvalue weighted by Crippen LogP contribution is -2.48. The van der Waals surface area contributed by atoms with E-state index < -0.39 is 6.04 Å². The van der Waals surface area contributed by atoms with E-state index in [4.69, 9.17) is 11.6 Å². The smallest absolute Gasteiger partial charge is 0.249 e. The summed E-state index contributed by atoms with van der Waals surface area (Å²) in [5.41, 5.74) is 1.99. The van der Waals surface area contributed by atoms with Crippen LogP contribution in [-0.4, -0.2) is 47.9 Å². The Kier molecular flexibility index (Phi) is 8.58. The van der Waals surface area contributed by atoms with Gasteiger partial charge in [0, 0.05) is 29.4 Å². The van der Waals surface area contributed by atoms with Crippen molar-refractivity contribution in [3.63, 3.8) is 0 Å². The summed E-state index contributed by atoms with van der Waals surface area (Å²) < 4.78 is 0. The van der Waals surface area contributed by atoms with Gasteiger partial charge in [0.05, 0.1) is 5.69 Å². The third-order valence-electron chi connectivity index (χ3n) is 6.86. The second-order valence-electron chi connectivity index (χ2n) is 9.62. The molecule has 2 amide bonds. The van der Waals surface area contributed by atoms with Gasteiger partial charge < -0.3 is 10.2 Å². The van der Waals surface area contributed by atoms with Crippen molar-refractivity contribution in [2.24, 2.45) is 0 Å². The Morgan fingerprint density at radius 2 is 1.72 bits per heavy atom. The van der Waals surface area contributed by atoms with Gasteiger partial charge in [-0.1, -0.05) is 85.5 Å². The molecule has 200 valence electrons. The molecule has 39 heavy (non-hydrogen) atoms. The van der Waals surface area contributed by atoms with Crippen molar-refractivity contribution in [1.29, 1.82) is 0 Å². The van der Waals surface area contributed by atoms with Crippen LogP contribution in [0.25, 0.3) is 11.4 Å². The number of aromatic nitrogens is 5. The predicted octanol–water partition coefficient (Wildman–Crippen LogP) is 4.61. The van der Waals surface area contributed by atoms with Crippen LogP contribution in [0.15, 0.2) is 79.0 Å². The molecule has 1 atom stereocenters. The van der Waals surface area contributed by atoms with E-state index in [0.717, 1.165) is 36.8 Å². The quantitative estimate of drug-likeness (QED) is 0.330. The van der Waals surface area contributed by atoms with Crippen LogP contribution in [0.1, 0.15) is 49.4 Å². The van der Waals surface area contributed by atoms with E-state index in [9.17, 15) is 9.59 Å². The zero-order chi connectivity index (χ0) is 27.0. The number of benzene rings is 2. The molecule has 0 aliphatic heterocycles. The average molecular weight is 544 g/mol. The Balaban J connectivity index is 1.46. The monoisotopic (exact) mass is 543 g/mol. The first kappa shape index (κ1) is 26.5. The molecule has 1 N–H and O–H groups in total. The SMILES string of the molecule is O=C(NC1CCCCC1)C(c1ccccn1)N(Cc1ccccc1Cl)C(=O)Cn1nnc(-c2ccccc2)n1. The number of carbonyl (C=O) groups is 2. The van der Waals surface area contributed by atoms with Crippen LogP contribution < -0.4 is 5.32 Å². The fraction of sp³-hybridized carbons (Fsp3) is 0.310. The third kappa shape index (κ3) is 6.67. The normalized spacial score (nSPS) is 14.5. The molecule has 2 heterocycles. The maximum atomic E-state index is 13.9. The Morgan fingerprint density at radius 3 is 2.46 bits per heavy atom. The van der Waals surface area contributed by atoms with Gasteiger partial charge in [-0.15, -0.1) is 10.2 Å². The molecule has 1 aliphatic rings. The first-order valence-corrected chi connectivity index (χ1v) is 13.5. The fourth-order valence-corrected chi connectivity index (χ4v) is 5.05. The van der Waals surface area contributed by atoms with Gasteiger partial charge in [-0.25, -0.2) is 0 Å². The van der Waals surface area contributed by atoms with E-state index >= 15 is 0 Å². The molecule has 9 nitrogen and oxygen atoms in total. The number of hydrogen-bond acceptors (Lipinski definition) is 6. The van der Waals surface area contributed by atoms with Crippen molar-refractivity contribution in [1.82, 2.24) is 35.4 Å². The van der Waals surface area contributed by atoms with E-state index in [0.29, 0.717) is 16.5 Å². The molecule has 1 aliphatic carbocycles. The third-order valence-corrected chi connectivity index (χ3v) is 7.23. The number of amides is 2. The number of rotatable bonds is 9. The zero-order valence-corrected chi connectivity index (χ0v) is 22.2. The highest BCUT2D eigenvalue weighted by Crippen LogP contribution is 2.27. The van der Waals surface area contributed by atoms with Gasteiger partial charge in [0.2, 0.25) is 17.6 Å². The van der Waals surface area contributed by atoms with Crippen LogP contribution >= 0.6 is 11.6 Å². The number of pyridine rings is 1. The predicted molar refractivity (Wildman–Crippen MR) is 147 cm³/mol. The second-order valence-corrected chi connectivity index (χ2v) is 10.0. The zero-order valence-electron chi connectivity index (χ0n) is 21.5. The van der Waals surface area contributed by atoms with Crippen LogP contribution in [0.3, 0.4) is 0 Å². The van der Waals surface area contributed by atoms with Crippen molar-refractivity contribution >= 4 is 23.4 Å². The highest BCUT2D eigenvalue weighted by molar-refractivity contribution is 6.31. The van der Waals surface area contributed by atoms with Crippen molar-refractivity contribution in [3.8, 4) is 11.4 Å². The fourth-order valence-electron chi connectivity index (χ4n) is 4.86. The van der Waals surface area contributed by atoms with Gasteiger partial charge in [-0.3, -0.25) is 14.6 Å². The lowest BCUT2D eigenvalue weighted by atomic mass is 9.95. The van der Waals surface area contributed by atoms with Gasteiger partial charge in [0.25, 0.3) is 0 Å². The summed E-state index contributed by atoms with van der Waals surface area (Å²) in [6.07, 6.45) is 6.78. The number of nitrogens with one attached hydrogen (secondary N) is 1. The molecule has 2 aromatic carbocycles. The molecule has 10 heteroatoms. The van der Waals surface area contributed by atoms with Gasteiger partial charge in [0.1, 0.15) is 6.54 Å². The van der Waals surface area contributed by atoms with Crippen LogP contribution in [0.2, 0.25) is 5.02 Å². The van der Waals surface area contributed by atoms with E-state index in [1.54, 1.807) is 24.4 Å². The maximum absolute atomic E-state index is 13.9. The first-order valence-electron chi connectivity index (χ1n) is 13.2. The molecule has 4 aromatic rings. The number of halogens is 1. The van der Waals surface area contributed by atoms with Gasteiger partial charge in [0.15, 0.2) is 6.04 Å². The first-order chi connectivity index (χ1) is 19.1. The van der Waals surface area contributed by atoms with E-state index in [1.165, 1.54) is 16.1 Å². The second kappa shape index (κ2) is 12.6. The average Bonchev–Trinajstić information content (AvgIpc) is 3.44. The number of hydrogen-bond donors (Lipinski definition) is 1. The molecule has 5 rings (SSSR count). The van der Waals surface area contributed by atoms with Crippen molar-refractivity contribution in [2.75, 3.05) is 0 Å². The minimum Gasteiger partial charge on any atom is -0.351 e. The largest absolute Gasteiger partial charge is 0.351 e. The molecule has 0 spiro atoms. The number of carbonyl (C=O) groups excluding carboxylic acids is 2. The van der Waals surface area contributed by atoms with Gasteiger partial charge in [-0.05, 0) is 41.8 Å². The Bertz CT molecular complexity index is 1390. The summed E-state index contributed by atoms with van der Waals surface area (Å²) in [7, 11) is 0. The summed E-state index contributed by atoms with van der Waals surface area (Å²) in [5.74, 6) is -0.212. The molecule has 0 saturated heterocycles. The summed E-state index contributed by atoms with van der Waals surface area (Å²) >= 11 is 6.50. The maximum Gasteiger partial charge on any atom is 0.249 e. The highest BCUT2D eigenvalue weighted by Gasteiger charge is 2.34. The van der Waals surface area contributed by atoms with Gasteiger partial charge in [-0.2, -0.15) is 4.80 Å². The van der Waals surface area contributed by atoms with E-state index in [-0.39, 0.29) is 30.9 Å². The van der Waals surface area contributed by atoms with Crippen LogP contribution in [-0.2, 0) is 22.7 Å². The van der Waals surface area contributed by atoms with Crippen molar-refractivity contribution in [2.45, 2.75) is 57.3 Å². The minimum absolute atomic E-state index is 0.0696. The summed E-state index contributed by atoms with van der Waals surface area (Å²) in [6.45, 7) is -0.0948.